The molecule has 0 fully saturated rings. The molecule has 0 heterocycles. The van der Waals surface area contributed by atoms with Gasteiger partial charge in [0.25, 0.3) is 0 Å². The summed E-state index contributed by atoms with van der Waals surface area (Å²) in [5, 5.41) is 3.68. The number of halogens is 5. The number of hydrogen-bond acceptors (Lipinski definition) is 4. The summed E-state index contributed by atoms with van der Waals surface area (Å²) in [5.41, 5.74) is 0.509. The summed E-state index contributed by atoms with van der Waals surface area (Å²) in [5.74, 6) is -1.04. The van der Waals surface area contributed by atoms with Crippen LogP contribution in [0.15, 0.2) is 30.3 Å². The molecule has 0 aliphatic heterocycles. The van der Waals surface area contributed by atoms with Gasteiger partial charge in [-0.05, 0) is 50.1 Å². The lowest BCUT2D eigenvalue weighted by Gasteiger charge is -2.33. The summed E-state index contributed by atoms with van der Waals surface area (Å²) in [6.07, 6.45) is 1.20. The number of benzene rings is 2. The van der Waals surface area contributed by atoms with Gasteiger partial charge in [0.2, 0.25) is 21.8 Å². The molecule has 2 rings (SSSR count). The van der Waals surface area contributed by atoms with Gasteiger partial charge in [0, 0.05) is 22.6 Å². The first kappa shape index (κ1) is 30.8. The van der Waals surface area contributed by atoms with Crippen LogP contribution in [0, 0.1) is 0 Å². The molecule has 0 radical (unpaired) electrons. The number of nitrogens with one attached hydrogen (secondary N) is 1. The van der Waals surface area contributed by atoms with Crippen LogP contribution in [0.3, 0.4) is 0 Å². The maximum absolute atomic E-state index is 13.7. The highest BCUT2D eigenvalue weighted by molar-refractivity contribution is 7.92. The molecule has 1 N–H and O–H groups in total. The summed E-state index contributed by atoms with van der Waals surface area (Å²) in [6.45, 7) is 4.63. The summed E-state index contributed by atoms with van der Waals surface area (Å²) < 4.78 is 26.2. The highest BCUT2D eigenvalue weighted by atomic mass is 35.5. The fourth-order valence-corrected chi connectivity index (χ4v) is 5.45. The van der Waals surface area contributed by atoms with Crippen LogP contribution in [-0.2, 0) is 26.2 Å². The van der Waals surface area contributed by atoms with E-state index in [0.29, 0.717) is 15.6 Å². The third-order valence-electron chi connectivity index (χ3n) is 5.11. The molecule has 0 aliphatic rings. The molecule has 0 saturated carbocycles. The fourth-order valence-electron chi connectivity index (χ4n) is 3.43. The zero-order chi connectivity index (χ0) is 27.4. The van der Waals surface area contributed by atoms with Gasteiger partial charge in [0.15, 0.2) is 0 Å². The largest absolute Gasteiger partial charge is 0.352 e. The van der Waals surface area contributed by atoms with Crippen LogP contribution in [0.4, 0.5) is 5.69 Å². The second kappa shape index (κ2) is 12.9. The van der Waals surface area contributed by atoms with Crippen LogP contribution in [0.25, 0.3) is 0 Å². The van der Waals surface area contributed by atoms with Crippen molar-refractivity contribution < 1.29 is 18.0 Å². The third-order valence-corrected chi connectivity index (χ3v) is 7.85. The van der Waals surface area contributed by atoms with Crippen molar-refractivity contribution in [3.63, 3.8) is 0 Å². The minimum atomic E-state index is -4.00. The zero-order valence-electron chi connectivity index (χ0n) is 20.0. The molecule has 0 aliphatic carbocycles. The van der Waals surface area contributed by atoms with Crippen molar-refractivity contribution in [3.8, 4) is 0 Å². The number of carbonyl (C=O) groups excluding carboxylic acids is 2. The molecule has 7 nitrogen and oxygen atoms in total. The van der Waals surface area contributed by atoms with Gasteiger partial charge in [-0.15, -0.1) is 0 Å². The van der Waals surface area contributed by atoms with Crippen molar-refractivity contribution in [2.75, 3.05) is 17.1 Å². The third kappa shape index (κ3) is 8.04. The van der Waals surface area contributed by atoms with E-state index in [9.17, 15) is 18.0 Å². The Balaban J connectivity index is 2.55. The Labute approximate surface area is 236 Å². The van der Waals surface area contributed by atoms with Gasteiger partial charge in [-0.3, -0.25) is 13.9 Å². The number of anilines is 1. The predicted octanol–water partition coefficient (Wildman–Crippen LogP) is 6.05. The quantitative estimate of drug-likeness (QED) is 0.329. The van der Waals surface area contributed by atoms with Gasteiger partial charge in [0.05, 0.1) is 27.0 Å². The Bertz CT molecular complexity index is 1240. The van der Waals surface area contributed by atoms with Crippen molar-refractivity contribution in [1.29, 1.82) is 0 Å². The highest BCUT2D eigenvalue weighted by Crippen LogP contribution is 2.36. The number of rotatable bonds is 10. The summed E-state index contributed by atoms with van der Waals surface area (Å²) in [7, 11) is -4.00. The molecule has 13 heteroatoms. The molecular weight excluding hydrogens is 592 g/mol. The second-order valence-electron chi connectivity index (χ2n) is 8.33. The van der Waals surface area contributed by atoms with Crippen LogP contribution in [0.1, 0.15) is 32.8 Å². The molecule has 2 aromatic carbocycles. The first-order valence-electron chi connectivity index (χ1n) is 10.8. The minimum Gasteiger partial charge on any atom is -0.352 e. The summed E-state index contributed by atoms with van der Waals surface area (Å²) in [4.78, 5) is 28.0. The van der Waals surface area contributed by atoms with E-state index in [1.807, 2.05) is 0 Å². The molecular formula is C23H26Cl5N3O4S. The first-order valence-corrected chi connectivity index (χ1v) is 14.6. The van der Waals surface area contributed by atoms with Gasteiger partial charge in [-0.1, -0.05) is 71.0 Å². The van der Waals surface area contributed by atoms with Gasteiger partial charge < -0.3 is 10.2 Å². The van der Waals surface area contributed by atoms with Gasteiger partial charge in [-0.25, -0.2) is 8.42 Å². The Kier molecular flexibility index (Phi) is 11.0. The average Bonchev–Trinajstić information content (AvgIpc) is 2.74. The fraction of sp³-hybridized carbons (Fsp3) is 0.391. The van der Waals surface area contributed by atoms with Crippen molar-refractivity contribution in [2.24, 2.45) is 0 Å². The predicted molar refractivity (Wildman–Crippen MR) is 148 cm³/mol. The molecule has 2 amide bonds. The molecule has 2 aromatic rings. The number of nitrogens with zero attached hydrogens (tertiary/aromatic N) is 2. The minimum absolute atomic E-state index is 0.0143. The lowest BCUT2D eigenvalue weighted by molar-refractivity contribution is -0.140. The first-order chi connectivity index (χ1) is 16.6. The molecule has 0 aromatic heterocycles. The summed E-state index contributed by atoms with van der Waals surface area (Å²) >= 11 is 30.7. The lowest BCUT2D eigenvalue weighted by atomic mass is 10.1. The van der Waals surface area contributed by atoms with Crippen LogP contribution >= 0.6 is 58.0 Å². The monoisotopic (exact) mass is 615 g/mol. The summed E-state index contributed by atoms with van der Waals surface area (Å²) in [6, 6.07) is 6.25. The van der Waals surface area contributed by atoms with E-state index >= 15 is 0 Å². The topological polar surface area (TPSA) is 86.8 Å². The smallest absolute Gasteiger partial charge is 0.244 e. The van der Waals surface area contributed by atoms with E-state index in [4.69, 9.17) is 58.0 Å². The van der Waals surface area contributed by atoms with Crippen LogP contribution < -0.4 is 9.62 Å². The maximum atomic E-state index is 13.7. The van der Waals surface area contributed by atoms with E-state index in [2.05, 4.69) is 5.32 Å². The Hall–Kier alpha value is -1.42. The molecule has 0 spiro atoms. The normalized spacial score (nSPS) is 12.4. The number of hydrogen-bond donors (Lipinski definition) is 1. The van der Waals surface area contributed by atoms with Crippen LogP contribution in [-0.4, -0.2) is 50.0 Å². The molecule has 0 bridgehead atoms. The van der Waals surface area contributed by atoms with Crippen molar-refractivity contribution in [2.45, 2.75) is 45.8 Å². The van der Waals surface area contributed by atoms with E-state index < -0.39 is 28.5 Å². The molecule has 1 atom stereocenters. The number of amides is 2. The van der Waals surface area contributed by atoms with Gasteiger partial charge in [-0.2, -0.15) is 0 Å². The zero-order valence-corrected chi connectivity index (χ0v) is 24.6. The van der Waals surface area contributed by atoms with Crippen LogP contribution in [0.2, 0.25) is 25.1 Å². The van der Waals surface area contributed by atoms with Gasteiger partial charge >= 0.3 is 0 Å². The molecule has 198 valence electrons. The van der Waals surface area contributed by atoms with E-state index in [-0.39, 0.29) is 45.7 Å². The number of carbonyl (C=O) groups is 2. The SMILES string of the molecule is CC[C@@H](C(=O)NC(C)C)N(Cc1ccc(Cl)cc1Cl)C(=O)CN(c1cc(Cl)c(Cl)cc1Cl)S(C)(=O)=O. The average molecular weight is 618 g/mol. The van der Waals surface area contributed by atoms with Crippen molar-refractivity contribution >= 4 is 85.5 Å². The van der Waals surface area contributed by atoms with E-state index in [0.717, 1.165) is 10.6 Å². The number of sulfonamides is 1. The maximum Gasteiger partial charge on any atom is 0.244 e. The van der Waals surface area contributed by atoms with Crippen molar-refractivity contribution in [1.82, 2.24) is 10.2 Å². The Morgan fingerprint density at radius 3 is 2.08 bits per heavy atom. The lowest BCUT2D eigenvalue weighted by Crippen LogP contribution is -2.53. The molecule has 0 saturated heterocycles. The molecule has 0 unspecified atom stereocenters. The van der Waals surface area contributed by atoms with Crippen molar-refractivity contribution in [3.05, 3.63) is 61.0 Å². The Morgan fingerprint density at radius 1 is 0.944 bits per heavy atom. The van der Waals surface area contributed by atoms with Gasteiger partial charge in [0.1, 0.15) is 12.6 Å². The standard InChI is InChI=1S/C23H26Cl5N3O4S/c1-5-20(23(33)29-13(2)3)30(11-14-6-7-15(24)8-16(14)25)22(32)12-31(36(4,34)35)21-10-18(27)17(26)9-19(21)28/h6-10,13,20H,5,11-12H2,1-4H3,(H,29,33)/t20-/m0/s1. The Morgan fingerprint density at radius 2 is 1.56 bits per heavy atom. The molecule has 36 heavy (non-hydrogen) atoms. The highest BCUT2D eigenvalue weighted by Gasteiger charge is 2.33. The van der Waals surface area contributed by atoms with E-state index in [1.54, 1.807) is 32.9 Å². The van der Waals surface area contributed by atoms with Crippen LogP contribution in [0.5, 0.6) is 0 Å². The van der Waals surface area contributed by atoms with E-state index in [1.165, 1.54) is 23.1 Å². The second-order valence-corrected chi connectivity index (χ2v) is 12.3.